The quantitative estimate of drug-likeness (QED) is 0.0244. The van der Waals surface area contributed by atoms with Gasteiger partial charge in [-0.15, -0.1) is 0 Å². The first kappa shape index (κ1) is 71.8. The van der Waals surface area contributed by atoms with Gasteiger partial charge in [-0.3, -0.25) is 9.59 Å². The standard InChI is InChI=1S/C68H127NO5/c1-3-5-7-9-11-13-15-17-19-21-23-24-25-26-27-28-29-32-36-40-44-48-52-56-60-66(71)65(64-70)69-67(72)61-57-53-49-45-41-37-33-31-35-39-43-47-51-55-59-63-74-68(73)62-58-54-50-46-42-38-34-30-22-20-18-16-14-12-10-8-6-4-2/h14,16,20,22,31,35,39,43,65-66,70-71H,3-13,15,17-19,21,23-30,32-34,36-38,40-42,44-64H2,1-2H3,(H,69,72)/b16-14-,22-20-,35-31-,43-39-. The number of carbonyl (C=O) groups excluding carboxylic acids is 2. The second kappa shape index (κ2) is 63.4. The highest BCUT2D eigenvalue weighted by molar-refractivity contribution is 5.76. The fourth-order valence-corrected chi connectivity index (χ4v) is 10.1. The van der Waals surface area contributed by atoms with Crippen LogP contribution in [-0.2, 0) is 14.3 Å². The first-order valence-electron chi connectivity index (χ1n) is 32.9. The zero-order valence-corrected chi connectivity index (χ0v) is 49.6. The molecule has 2 unspecified atom stereocenters. The Morgan fingerprint density at radius 3 is 1.12 bits per heavy atom. The molecule has 2 atom stereocenters. The van der Waals surface area contributed by atoms with Gasteiger partial charge in [0.1, 0.15) is 0 Å². The van der Waals surface area contributed by atoms with E-state index in [0.29, 0.717) is 25.9 Å². The Labute approximate surface area is 461 Å². The van der Waals surface area contributed by atoms with Crippen molar-refractivity contribution in [2.24, 2.45) is 0 Å². The van der Waals surface area contributed by atoms with E-state index in [1.54, 1.807) is 0 Å². The topological polar surface area (TPSA) is 95.9 Å². The number of esters is 1. The fraction of sp³-hybridized carbons (Fsp3) is 0.853. The molecular formula is C68H127NO5. The summed E-state index contributed by atoms with van der Waals surface area (Å²) >= 11 is 0. The van der Waals surface area contributed by atoms with Gasteiger partial charge in [-0.25, -0.2) is 0 Å². The number of carbonyl (C=O) groups is 2. The molecule has 0 rings (SSSR count). The molecule has 0 radical (unpaired) electrons. The summed E-state index contributed by atoms with van der Waals surface area (Å²) in [5.74, 6) is -0.0835. The van der Waals surface area contributed by atoms with Crippen molar-refractivity contribution >= 4 is 11.9 Å². The van der Waals surface area contributed by atoms with E-state index < -0.39 is 12.1 Å². The number of rotatable bonds is 61. The lowest BCUT2D eigenvalue weighted by atomic mass is 10.0. The minimum Gasteiger partial charge on any atom is -0.466 e. The molecule has 0 heterocycles. The molecule has 0 bridgehead atoms. The first-order valence-corrected chi connectivity index (χ1v) is 32.9. The van der Waals surface area contributed by atoms with Crippen molar-refractivity contribution in [3.05, 3.63) is 48.6 Å². The van der Waals surface area contributed by atoms with Crippen molar-refractivity contribution in [1.82, 2.24) is 5.32 Å². The highest BCUT2D eigenvalue weighted by Crippen LogP contribution is 2.18. The van der Waals surface area contributed by atoms with E-state index in [2.05, 4.69) is 67.8 Å². The van der Waals surface area contributed by atoms with Crippen LogP contribution in [0.4, 0.5) is 0 Å². The van der Waals surface area contributed by atoms with Crippen LogP contribution in [0.3, 0.4) is 0 Å². The van der Waals surface area contributed by atoms with Crippen molar-refractivity contribution in [2.45, 2.75) is 360 Å². The molecule has 0 aromatic heterocycles. The molecular weight excluding hydrogens is 911 g/mol. The maximum atomic E-state index is 12.5. The number of hydrogen-bond donors (Lipinski definition) is 3. The molecule has 0 aliphatic rings. The van der Waals surface area contributed by atoms with E-state index in [0.717, 1.165) is 83.5 Å². The Morgan fingerprint density at radius 1 is 0.392 bits per heavy atom. The van der Waals surface area contributed by atoms with Crippen molar-refractivity contribution in [1.29, 1.82) is 0 Å². The van der Waals surface area contributed by atoms with E-state index in [4.69, 9.17) is 4.74 Å². The molecule has 0 saturated carbocycles. The van der Waals surface area contributed by atoms with E-state index in [-0.39, 0.29) is 18.5 Å². The number of aliphatic hydroxyl groups is 2. The van der Waals surface area contributed by atoms with Gasteiger partial charge in [-0.05, 0) is 89.9 Å². The van der Waals surface area contributed by atoms with E-state index in [1.807, 2.05) is 0 Å². The van der Waals surface area contributed by atoms with E-state index in [1.165, 1.54) is 231 Å². The SMILES string of the molecule is CCCCCC/C=C\C/C=C\CCCCCCCCCC(=O)OCCCCC/C=C\C=C/CCCCCCCCC(=O)NC(CO)C(O)CCCCCCCCCCCCCCCCCCCCCCCCCC. The Hall–Kier alpha value is -2.18. The molecule has 0 aliphatic heterocycles. The van der Waals surface area contributed by atoms with Crippen LogP contribution in [-0.4, -0.2) is 47.4 Å². The Bertz CT molecular complexity index is 1240. The van der Waals surface area contributed by atoms with Crippen LogP contribution in [0.25, 0.3) is 0 Å². The normalized spacial score (nSPS) is 12.9. The van der Waals surface area contributed by atoms with Crippen LogP contribution in [0.15, 0.2) is 48.6 Å². The molecule has 3 N–H and O–H groups in total. The molecule has 0 fully saturated rings. The third-order valence-electron chi connectivity index (χ3n) is 15.1. The lowest BCUT2D eigenvalue weighted by Gasteiger charge is -2.22. The lowest BCUT2D eigenvalue weighted by Crippen LogP contribution is -2.45. The minimum atomic E-state index is -0.682. The number of amides is 1. The number of unbranched alkanes of at least 4 members (excludes halogenated alkanes) is 43. The summed E-state index contributed by atoms with van der Waals surface area (Å²) < 4.78 is 5.46. The maximum Gasteiger partial charge on any atom is 0.305 e. The molecule has 0 aromatic carbocycles. The summed E-state index contributed by atoms with van der Waals surface area (Å²) in [6, 6.07) is -0.561. The second-order valence-electron chi connectivity index (χ2n) is 22.5. The van der Waals surface area contributed by atoms with Gasteiger partial charge < -0.3 is 20.3 Å². The third-order valence-corrected chi connectivity index (χ3v) is 15.1. The average Bonchev–Trinajstić information content (AvgIpc) is 3.40. The highest BCUT2D eigenvalue weighted by atomic mass is 16.5. The van der Waals surface area contributed by atoms with Crippen molar-refractivity contribution in [3.63, 3.8) is 0 Å². The van der Waals surface area contributed by atoms with Gasteiger partial charge in [-0.2, -0.15) is 0 Å². The van der Waals surface area contributed by atoms with Gasteiger partial charge in [-0.1, -0.05) is 294 Å². The largest absolute Gasteiger partial charge is 0.466 e. The van der Waals surface area contributed by atoms with Gasteiger partial charge in [0, 0.05) is 12.8 Å². The van der Waals surface area contributed by atoms with Crippen molar-refractivity contribution < 1.29 is 24.5 Å². The molecule has 0 aromatic rings. The number of allylic oxidation sites excluding steroid dienone is 8. The van der Waals surface area contributed by atoms with Gasteiger partial charge >= 0.3 is 5.97 Å². The lowest BCUT2D eigenvalue weighted by molar-refractivity contribution is -0.143. The summed E-state index contributed by atoms with van der Waals surface area (Å²) in [4.78, 5) is 24.6. The van der Waals surface area contributed by atoms with Crippen LogP contribution >= 0.6 is 0 Å². The first-order chi connectivity index (χ1) is 36.5. The zero-order valence-electron chi connectivity index (χ0n) is 49.6. The number of hydrogen-bond acceptors (Lipinski definition) is 5. The smallest absolute Gasteiger partial charge is 0.305 e. The van der Waals surface area contributed by atoms with E-state index in [9.17, 15) is 19.8 Å². The van der Waals surface area contributed by atoms with Gasteiger partial charge in [0.15, 0.2) is 0 Å². The number of ether oxygens (including phenoxy) is 1. The predicted octanol–water partition coefficient (Wildman–Crippen LogP) is 20.9. The molecule has 434 valence electrons. The van der Waals surface area contributed by atoms with Gasteiger partial charge in [0.05, 0.1) is 25.4 Å². The second-order valence-corrected chi connectivity index (χ2v) is 22.5. The van der Waals surface area contributed by atoms with Crippen LogP contribution < -0.4 is 5.32 Å². The zero-order chi connectivity index (χ0) is 53.6. The van der Waals surface area contributed by atoms with Crippen LogP contribution in [0.2, 0.25) is 0 Å². The summed E-state index contributed by atoms with van der Waals surface area (Å²) in [5.41, 5.74) is 0. The van der Waals surface area contributed by atoms with Gasteiger partial charge in [0.2, 0.25) is 5.91 Å². The third kappa shape index (κ3) is 59.1. The molecule has 74 heavy (non-hydrogen) atoms. The van der Waals surface area contributed by atoms with E-state index >= 15 is 0 Å². The summed E-state index contributed by atoms with van der Waals surface area (Å²) in [6.45, 7) is 4.90. The molecule has 6 nitrogen and oxygen atoms in total. The monoisotopic (exact) mass is 1040 g/mol. The molecule has 6 heteroatoms. The predicted molar refractivity (Wildman–Crippen MR) is 324 cm³/mol. The Morgan fingerprint density at radius 2 is 0.716 bits per heavy atom. The summed E-state index contributed by atoms with van der Waals surface area (Å²) in [7, 11) is 0. The van der Waals surface area contributed by atoms with Crippen molar-refractivity contribution in [2.75, 3.05) is 13.2 Å². The number of aliphatic hydroxyl groups excluding tert-OH is 2. The van der Waals surface area contributed by atoms with Crippen LogP contribution in [0, 0.1) is 0 Å². The van der Waals surface area contributed by atoms with Gasteiger partial charge in [0.25, 0.3) is 0 Å². The Kier molecular flexibility index (Phi) is 61.5. The minimum absolute atomic E-state index is 0.0285. The summed E-state index contributed by atoms with van der Waals surface area (Å²) in [6.07, 6.45) is 81.3. The fourth-order valence-electron chi connectivity index (χ4n) is 10.1. The Balaban J connectivity index is 3.50. The van der Waals surface area contributed by atoms with Crippen molar-refractivity contribution in [3.8, 4) is 0 Å². The highest BCUT2D eigenvalue weighted by Gasteiger charge is 2.20. The number of nitrogens with one attached hydrogen (secondary N) is 1. The summed E-state index contributed by atoms with van der Waals surface area (Å²) in [5, 5.41) is 23.4. The maximum absolute atomic E-state index is 12.5. The molecule has 0 aliphatic carbocycles. The molecule has 0 spiro atoms. The molecule has 1 amide bonds. The molecule has 0 saturated heterocycles. The van der Waals surface area contributed by atoms with Crippen LogP contribution in [0.5, 0.6) is 0 Å². The van der Waals surface area contributed by atoms with Crippen LogP contribution in [0.1, 0.15) is 348 Å². The average molecular weight is 1040 g/mol.